The van der Waals surface area contributed by atoms with Gasteiger partial charge in [-0.2, -0.15) is 0 Å². The van der Waals surface area contributed by atoms with Crippen LogP contribution in [0.3, 0.4) is 0 Å². The lowest BCUT2D eigenvalue weighted by Crippen LogP contribution is -2.58. The van der Waals surface area contributed by atoms with Crippen molar-refractivity contribution in [2.24, 2.45) is 11.8 Å². The number of hydrogen-bond donors (Lipinski definition) is 1. The van der Waals surface area contributed by atoms with Gasteiger partial charge in [0, 0.05) is 12.6 Å². The molecule has 4 heterocycles. The highest BCUT2D eigenvalue weighted by Gasteiger charge is 2.43. The maximum Gasteiger partial charge on any atom is 0.241 e. The minimum atomic E-state index is 0.0699. The number of carbonyl (C=O) groups excluding carboxylic acids is 1. The molecule has 0 aromatic heterocycles. The number of rotatable bonds is 3. The number of fused-ring (bicyclic) bond motifs is 3. The van der Waals surface area contributed by atoms with Crippen molar-refractivity contribution in [3.63, 3.8) is 0 Å². The highest BCUT2D eigenvalue weighted by atomic mass is 16.2. The van der Waals surface area contributed by atoms with Crippen molar-refractivity contribution in [1.29, 1.82) is 0 Å². The van der Waals surface area contributed by atoms with Gasteiger partial charge in [-0.3, -0.25) is 10.1 Å². The van der Waals surface area contributed by atoms with Crippen LogP contribution in [-0.4, -0.2) is 54.1 Å². The van der Waals surface area contributed by atoms with Gasteiger partial charge in [0.05, 0.1) is 12.7 Å². The summed E-state index contributed by atoms with van der Waals surface area (Å²) in [5, 5.41) is 3.40. The standard InChI is InChI=1S/C14H25N3O/c1-10(2)7-12-14(18)17(9-15-12)13-8-16-5-3-11(13)4-6-16/h10-13,15H,3-9H2,1-2H3. The maximum atomic E-state index is 12.5. The normalized spacial score (nSPS) is 39.9. The summed E-state index contributed by atoms with van der Waals surface area (Å²) in [6.07, 6.45) is 3.53. The number of hydrogen-bond acceptors (Lipinski definition) is 3. The first-order chi connectivity index (χ1) is 8.65. The van der Waals surface area contributed by atoms with E-state index in [9.17, 15) is 4.79 Å². The lowest BCUT2D eigenvalue weighted by atomic mass is 9.83. The fourth-order valence-electron chi connectivity index (χ4n) is 3.80. The molecule has 4 saturated heterocycles. The summed E-state index contributed by atoms with van der Waals surface area (Å²) in [5.41, 5.74) is 0. The van der Waals surface area contributed by atoms with Crippen LogP contribution in [0.15, 0.2) is 0 Å². The van der Waals surface area contributed by atoms with Crippen LogP contribution in [0.1, 0.15) is 33.1 Å². The van der Waals surface area contributed by atoms with Gasteiger partial charge in [0.1, 0.15) is 0 Å². The van der Waals surface area contributed by atoms with Crippen molar-refractivity contribution in [1.82, 2.24) is 15.1 Å². The summed E-state index contributed by atoms with van der Waals surface area (Å²) in [5.74, 6) is 1.68. The predicted octanol–water partition coefficient (Wildman–Crippen LogP) is 0.885. The number of amides is 1. The van der Waals surface area contributed by atoms with Gasteiger partial charge in [-0.25, -0.2) is 0 Å². The van der Waals surface area contributed by atoms with E-state index in [1.165, 1.54) is 25.9 Å². The third kappa shape index (κ3) is 2.16. The van der Waals surface area contributed by atoms with Crippen LogP contribution >= 0.6 is 0 Å². The zero-order valence-corrected chi connectivity index (χ0v) is 11.6. The van der Waals surface area contributed by atoms with E-state index in [1.54, 1.807) is 0 Å². The highest BCUT2D eigenvalue weighted by molar-refractivity contribution is 5.84. The van der Waals surface area contributed by atoms with Crippen LogP contribution in [-0.2, 0) is 4.79 Å². The van der Waals surface area contributed by atoms with Gasteiger partial charge in [-0.15, -0.1) is 0 Å². The third-order valence-electron chi connectivity index (χ3n) is 4.82. The van der Waals surface area contributed by atoms with E-state index in [2.05, 4.69) is 29.0 Å². The Morgan fingerprint density at radius 1 is 1.33 bits per heavy atom. The molecule has 2 bridgehead atoms. The van der Waals surface area contributed by atoms with Gasteiger partial charge in [-0.1, -0.05) is 13.8 Å². The molecule has 4 rings (SSSR count). The minimum absolute atomic E-state index is 0.0699. The van der Waals surface area contributed by atoms with E-state index in [0.29, 0.717) is 17.9 Å². The molecule has 4 heteroatoms. The lowest BCUT2D eigenvalue weighted by molar-refractivity contribution is -0.134. The molecule has 2 unspecified atom stereocenters. The average molecular weight is 251 g/mol. The highest BCUT2D eigenvalue weighted by Crippen LogP contribution is 2.32. The van der Waals surface area contributed by atoms with Crippen LogP contribution in [0.2, 0.25) is 0 Å². The molecular weight excluding hydrogens is 226 g/mol. The van der Waals surface area contributed by atoms with Crippen molar-refractivity contribution in [3.8, 4) is 0 Å². The summed E-state index contributed by atoms with van der Waals surface area (Å²) >= 11 is 0. The first-order valence-corrected chi connectivity index (χ1v) is 7.41. The summed E-state index contributed by atoms with van der Waals surface area (Å²) < 4.78 is 0. The Labute approximate surface area is 110 Å². The number of nitrogens with one attached hydrogen (secondary N) is 1. The van der Waals surface area contributed by atoms with E-state index in [4.69, 9.17) is 0 Å². The van der Waals surface area contributed by atoms with Crippen molar-refractivity contribution in [3.05, 3.63) is 0 Å². The molecule has 0 spiro atoms. The Morgan fingerprint density at radius 2 is 2.06 bits per heavy atom. The molecule has 0 aromatic carbocycles. The Kier molecular flexibility index (Phi) is 3.32. The van der Waals surface area contributed by atoms with Crippen molar-refractivity contribution in [2.75, 3.05) is 26.3 Å². The van der Waals surface area contributed by atoms with E-state index >= 15 is 0 Å². The van der Waals surface area contributed by atoms with E-state index in [0.717, 1.165) is 25.6 Å². The smallest absolute Gasteiger partial charge is 0.241 e. The molecule has 4 aliphatic rings. The van der Waals surface area contributed by atoms with Gasteiger partial charge < -0.3 is 9.80 Å². The molecule has 4 fully saturated rings. The molecular formula is C14H25N3O. The SMILES string of the molecule is CC(C)CC1NCN(C2CN3CCC2CC3)C1=O. The minimum Gasteiger partial charge on any atom is -0.324 e. The Hall–Kier alpha value is -0.610. The molecule has 0 aromatic rings. The number of piperidine rings is 3. The van der Waals surface area contributed by atoms with Crippen LogP contribution < -0.4 is 5.32 Å². The molecule has 0 saturated carbocycles. The molecule has 0 aliphatic carbocycles. The zero-order chi connectivity index (χ0) is 12.7. The van der Waals surface area contributed by atoms with E-state index in [-0.39, 0.29) is 6.04 Å². The van der Waals surface area contributed by atoms with Crippen LogP contribution in [0.4, 0.5) is 0 Å². The Balaban J connectivity index is 1.65. The summed E-state index contributed by atoms with van der Waals surface area (Å²) in [4.78, 5) is 17.1. The average Bonchev–Trinajstić information content (AvgIpc) is 2.72. The largest absolute Gasteiger partial charge is 0.324 e. The van der Waals surface area contributed by atoms with Gasteiger partial charge in [-0.05, 0) is 44.2 Å². The van der Waals surface area contributed by atoms with Crippen molar-refractivity contribution >= 4 is 5.91 Å². The van der Waals surface area contributed by atoms with E-state index < -0.39 is 0 Å². The molecule has 1 amide bonds. The number of nitrogens with zero attached hydrogens (tertiary/aromatic N) is 2. The second-order valence-corrected chi connectivity index (χ2v) is 6.56. The molecule has 4 aliphatic heterocycles. The van der Waals surface area contributed by atoms with Crippen LogP contribution in [0, 0.1) is 11.8 Å². The Bertz CT molecular complexity index is 323. The summed E-state index contributed by atoms with van der Waals surface area (Å²) in [7, 11) is 0. The van der Waals surface area contributed by atoms with Gasteiger partial charge in [0.25, 0.3) is 0 Å². The summed E-state index contributed by atoms with van der Waals surface area (Å²) in [6.45, 7) is 8.73. The van der Waals surface area contributed by atoms with Gasteiger partial charge >= 0.3 is 0 Å². The molecule has 2 atom stereocenters. The molecule has 1 N–H and O–H groups in total. The maximum absolute atomic E-state index is 12.5. The van der Waals surface area contributed by atoms with Crippen molar-refractivity contribution in [2.45, 2.75) is 45.2 Å². The topological polar surface area (TPSA) is 35.6 Å². The van der Waals surface area contributed by atoms with E-state index in [1.807, 2.05) is 0 Å². The first kappa shape index (κ1) is 12.4. The second-order valence-electron chi connectivity index (χ2n) is 6.56. The van der Waals surface area contributed by atoms with Gasteiger partial charge in [0.2, 0.25) is 5.91 Å². The molecule has 4 nitrogen and oxygen atoms in total. The predicted molar refractivity (Wildman–Crippen MR) is 71.0 cm³/mol. The van der Waals surface area contributed by atoms with Crippen LogP contribution in [0.5, 0.6) is 0 Å². The third-order valence-corrected chi connectivity index (χ3v) is 4.82. The summed E-state index contributed by atoms with van der Waals surface area (Å²) in [6, 6.07) is 0.546. The molecule has 102 valence electrons. The fourth-order valence-corrected chi connectivity index (χ4v) is 3.80. The quantitative estimate of drug-likeness (QED) is 0.809. The fraction of sp³-hybridized carbons (Fsp3) is 0.929. The molecule has 0 radical (unpaired) electrons. The second kappa shape index (κ2) is 4.82. The molecule has 18 heavy (non-hydrogen) atoms. The first-order valence-electron chi connectivity index (χ1n) is 7.41. The van der Waals surface area contributed by atoms with Crippen molar-refractivity contribution < 1.29 is 4.79 Å². The number of carbonyl (C=O) groups is 1. The van der Waals surface area contributed by atoms with Crippen LogP contribution in [0.25, 0.3) is 0 Å². The van der Waals surface area contributed by atoms with Gasteiger partial charge in [0.15, 0.2) is 0 Å². The lowest BCUT2D eigenvalue weighted by Gasteiger charge is -2.47. The Morgan fingerprint density at radius 3 is 2.61 bits per heavy atom. The zero-order valence-electron chi connectivity index (χ0n) is 11.6. The monoisotopic (exact) mass is 251 g/mol.